The highest BCUT2D eigenvalue weighted by Crippen LogP contribution is 2.33. The molecule has 0 radical (unpaired) electrons. The van der Waals surface area contributed by atoms with Gasteiger partial charge in [0, 0.05) is 17.3 Å². The number of halogens is 3. The maximum Gasteiger partial charge on any atom is 0.416 e. The zero-order chi connectivity index (χ0) is 19.0. The minimum atomic E-state index is -4.45. The molecular weight excluding hydrogens is 355 g/mol. The largest absolute Gasteiger partial charge is 0.416 e. The predicted octanol–water partition coefficient (Wildman–Crippen LogP) is 4.89. The Kier molecular flexibility index (Phi) is 3.99. The topological polar surface area (TPSA) is 47.3 Å². The standard InChI is InChI=1S/C20H12F3N3O/c21-20(22,23)15-8-4-7-14(11-15)17-9-10-24-19-16(12-27)18(25-26(17)19)13-5-2-1-3-6-13/h1-12H. The molecule has 0 atom stereocenters. The first-order chi connectivity index (χ1) is 13.0. The number of alkyl halides is 3. The molecule has 7 heteroatoms. The van der Waals surface area contributed by atoms with Crippen molar-refractivity contribution in [1.82, 2.24) is 14.6 Å². The van der Waals surface area contributed by atoms with Crippen LogP contribution in [0.1, 0.15) is 15.9 Å². The average molecular weight is 367 g/mol. The van der Waals surface area contributed by atoms with Gasteiger partial charge in [0.1, 0.15) is 5.69 Å². The van der Waals surface area contributed by atoms with Crippen LogP contribution >= 0.6 is 0 Å². The number of benzene rings is 2. The fraction of sp³-hybridized carbons (Fsp3) is 0.0500. The summed E-state index contributed by atoms with van der Waals surface area (Å²) in [6, 6.07) is 15.6. The second kappa shape index (κ2) is 6.35. The fourth-order valence-corrected chi connectivity index (χ4v) is 2.95. The third kappa shape index (κ3) is 2.97. The van der Waals surface area contributed by atoms with Gasteiger partial charge in [0.2, 0.25) is 0 Å². The molecule has 0 amide bonds. The molecule has 0 aliphatic rings. The van der Waals surface area contributed by atoms with Crippen LogP contribution in [-0.2, 0) is 6.18 Å². The van der Waals surface area contributed by atoms with Crippen LogP contribution in [0.4, 0.5) is 13.2 Å². The molecule has 0 aliphatic heterocycles. The zero-order valence-electron chi connectivity index (χ0n) is 13.8. The highest BCUT2D eigenvalue weighted by molar-refractivity contribution is 5.94. The second-order valence-corrected chi connectivity index (χ2v) is 5.89. The number of nitrogens with zero attached hydrogens (tertiary/aromatic N) is 3. The summed E-state index contributed by atoms with van der Waals surface area (Å²) in [6.07, 6.45) is -2.34. The molecule has 0 saturated carbocycles. The molecule has 0 saturated heterocycles. The van der Waals surface area contributed by atoms with Gasteiger partial charge in [-0.25, -0.2) is 9.50 Å². The van der Waals surface area contributed by atoms with Crippen molar-refractivity contribution in [3.05, 3.63) is 78.0 Å². The Hall–Kier alpha value is -3.48. The number of carbonyl (C=O) groups is 1. The van der Waals surface area contributed by atoms with E-state index in [0.29, 0.717) is 28.9 Å². The van der Waals surface area contributed by atoms with Crippen molar-refractivity contribution in [1.29, 1.82) is 0 Å². The lowest BCUT2D eigenvalue weighted by Crippen LogP contribution is -2.05. The summed E-state index contributed by atoms with van der Waals surface area (Å²) in [7, 11) is 0. The molecular formula is C20H12F3N3O. The van der Waals surface area contributed by atoms with Crippen LogP contribution in [0.5, 0.6) is 0 Å². The maximum atomic E-state index is 13.1. The van der Waals surface area contributed by atoms with Crippen LogP contribution in [0.15, 0.2) is 66.9 Å². The van der Waals surface area contributed by atoms with E-state index in [-0.39, 0.29) is 5.56 Å². The highest BCUT2D eigenvalue weighted by Gasteiger charge is 2.30. The molecule has 0 spiro atoms. The van der Waals surface area contributed by atoms with Gasteiger partial charge in [0.15, 0.2) is 11.9 Å². The van der Waals surface area contributed by atoms with Gasteiger partial charge < -0.3 is 0 Å². The molecule has 0 fully saturated rings. The van der Waals surface area contributed by atoms with Crippen molar-refractivity contribution >= 4 is 11.9 Å². The Morgan fingerprint density at radius 2 is 1.67 bits per heavy atom. The summed E-state index contributed by atoms with van der Waals surface area (Å²) in [4.78, 5) is 15.9. The van der Waals surface area contributed by atoms with Gasteiger partial charge in [-0.3, -0.25) is 4.79 Å². The third-order valence-electron chi connectivity index (χ3n) is 4.20. The minimum absolute atomic E-state index is 0.287. The Bertz CT molecular complexity index is 1130. The molecule has 27 heavy (non-hydrogen) atoms. The number of aldehydes is 1. The van der Waals surface area contributed by atoms with Gasteiger partial charge in [0.25, 0.3) is 0 Å². The molecule has 0 N–H and O–H groups in total. The lowest BCUT2D eigenvalue weighted by molar-refractivity contribution is -0.137. The van der Waals surface area contributed by atoms with Crippen LogP contribution in [0.2, 0.25) is 0 Å². The number of fused-ring (bicyclic) bond motifs is 1. The molecule has 4 rings (SSSR count). The minimum Gasteiger partial charge on any atom is -0.298 e. The summed E-state index contributed by atoms with van der Waals surface area (Å²) in [5.41, 5.74) is 1.72. The van der Waals surface area contributed by atoms with E-state index in [1.807, 2.05) is 18.2 Å². The summed E-state index contributed by atoms with van der Waals surface area (Å²) in [5.74, 6) is 0. The van der Waals surface area contributed by atoms with E-state index < -0.39 is 11.7 Å². The van der Waals surface area contributed by atoms with Gasteiger partial charge in [-0.2, -0.15) is 18.3 Å². The van der Waals surface area contributed by atoms with Crippen molar-refractivity contribution in [2.45, 2.75) is 6.18 Å². The first-order valence-electron chi connectivity index (χ1n) is 8.05. The van der Waals surface area contributed by atoms with E-state index in [2.05, 4.69) is 10.1 Å². The second-order valence-electron chi connectivity index (χ2n) is 5.89. The molecule has 2 heterocycles. The predicted molar refractivity (Wildman–Crippen MR) is 94.2 cm³/mol. The first-order valence-corrected chi connectivity index (χ1v) is 8.05. The maximum absolute atomic E-state index is 13.1. The summed E-state index contributed by atoms with van der Waals surface area (Å²) < 4.78 is 40.6. The molecule has 4 aromatic rings. The van der Waals surface area contributed by atoms with E-state index >= 15 is 0 Å². The van der Waals surface area contributed by atoms with Gasteiger partial charge in [-0.15, -0.1) is 0 Å². The fourth-order valence-electron chi connectivity index (χ4n) is 2.95. The number of rotatable bonds is 3. The highest BCUT2D eigenvalue weighted by atomic mass is 19.4. The number of hydrogen-bond donors (Lipinski definition) is 0. The number of hydrogen-bond acceptors (Lipinski definition) is 3. The Labute approximate surface area is 151 Å². The van der Waals surface area contributed by atoms with Crippen LogP contribution in [-0.4, -0.2) is 20.9 Å². The van der Waals surface area contributed by atoms with Crippen molar-refractivity contribution in [3.8, 4) is 22.5 Å². The van der Waals surface area contributed by atoms with Crippen molar-refractivity contribution < 1.29 is 18.0 Å². The SMILES string of the molecule is O=Cc1c(-c2ccccc2)nn2c(-c3cccc(C(F)(F)F)c3)ccnc12. The monoisotopic (exact) mass is 367 g/mol. The molecule has 134 valence electrons. The first kappa shape index (κ1) is 17.0. The Morgan fingerprint density at radius 1 is 0.926 bits per heavy atom. The van der Waals surface area contributed by atoms with E-state index in [0.717, 1.165) is 17.7 Å². The molecule has 0 bridgehead atoms. The van der Waals surface area contributed by atoms with Gasteiger partial charge in [-0.05, 0) is 18.2 Å². The molecule has 2 aromatic heterocycles. The quantitative estimate of drug-likeness (QED) is 0.484. The number of aromatic nitrogens is 3. The smallest absolute Gasteiger partial charge is 0.298 e. The van der Waals surface area contributed by atoms with Crippen LogP contribution in [0, 0.1) is 0 Å². The average Bonchev–Trinajstić information content (AvgIpc) is 3.07. The van der Waals surface area contributed by atoms with Crippen molar-refractivity contribution in [2.24, 2.45) is 0 Å². The van der Waals surface area contributed by atoms with E-state index in [9.17, 15) is 18.0 Å². The lowest BCUT2D eigenvalue weighted by atomic mass is 10.1. The Balaban J connectivity index is 1.96. The zero-order valence-corrected chi connectivity index (χ0v) is 13.8. The van der Waals surface area contributed by atoms with Crippen LogP contribution < -0.4 is 0 Å². The van der Waals surface area contributed by atoms with Crippen LogP contribution in [0.3, 0.4) is 0 Å². The Morgan fingerprint density at radius 3 is 2.37 bits per heavy atom. The molecule has 0 aliphatic carbocycles. The summed E-state index contributed by atoms with van der Waals surface area (Å²) in [5, 5.41) is 4.46. The van der Waals surface area contributed by atoms with Gasteiger partial charge in [-0.1, -0.05) is 42.5 Å². The normalized spacial score (nSPS) is 11.7. The van der Waals surface area contributed by atoms with E-state index in [4.69, 9.17) is 0 Å². The summed E-state index contributed by atoms with van der Waals surface area (Å²) in [6.45, 7) is 0. The lowest BCUT2D eigenvalue weighted by Gasteiger charge is -2.09. The van der Waals surface area contributed by atoms with Gasteiger partial charge >= 0.3 is 6.18 Å². The third-order valence-corrected chi connectivity index (χ3v) is 4.20. The van der Waals surface area contributed by atoms with Crippen molar-refractivity contribution in [3.63, 3.8) is 0 Å². The summed E-state index contributed by atoms with van der Waals surface area (Å²) >= 11 is 0. The van der Waals surface area contributed by atoms with Crippen LogP contribution in [0.25, 0.3) is 28.2 Å². The van der Waals surface area contributed by atoms with E-state index in [1.165, 1.54) is 16.8 Å². The number of carbonyl (C=O) groups excluding carboxylic acids is 1. The molecule has 4 nitrogen and oxygen atoms in total. The molecule has 2 aromatic carbocycles. The molecule has 0 unspecified atom stereocenters. The van der Waals surface area contributed by atoms with Crippen molar-refractivity contribution in [2.75, 3.05) is 0 Å². The van der Waals surface area contributed by atoms with Gasteiger partial charge in [0.05, 0.1) is 16.8 Å². The van der Waals surface area contributed by atoms with E-state index in [1.54, 1.807) is 24.3 Å².